The number of aliphatic hydroxyl groups is 1. The average molecular weight is 382 g/mol. The Hall–Kier alpha value is -2.33. The van der Waals surface area contributed by atoms with Crippen LogP contribution in [0.5, 0.6) is 5.75 Å². The predicted octanol–water partition coefficient (Wildman–Crippen LogP) is 5.09. The van der Waals surface area contributed by atoms with E-state index in [2.05, 4.69) is 5.32 Å². The van der Waals surface area contributed by atoms with E-state index in [0.29, 0.717) is 17.7 Å². The van der Waals surface area contributed by atoms with Gasteiger partial charge in [0.2, 0.25) is 5.91 Å². The summed E-state index contributed by atoms with van der Waals surface area (Å²) in [7, 11) is 0. The minimum absolute atomic E-state index is 0.0311. The molecule has 1 atom stereocenters. The SMILES string of the molecule is Cc1c(NC(=O)CC(C)(C)C)cc2c(c1C)OC(C)(C)C2(O)c1ccccc1. The van der Waals surface area contributed by atoms with Gasteiger partial charge in [0.05, 0.1) is 0 Å². The number of carbonyl (C=O) groups excluding carboxylic acids is 1. The van der Waals surface area contributed by atoms with Crippen LogP contribution in [-0.2, 0) is 10.4 Å². The monoisotopic (exact) mass is 381 g/mol. The summed E-state index contributed by atoms with van der Waals surface area (Å²) in [6.07, 6.45) is 0.424. The molecule has 2 aromatic carbocycles. The zero-order valence-electron chi connectivity index (χ0n) is 17.9. The molecule has 0 saturated carbocycles. The first-order valence-corrected chi connectivity index (χ1v) is 9.78. The van der Waals surface area contributed by atoms with E-state index >= 15 is 0 Å². The Morgan fingerprint density at radius 1 is 1.11 bits per heavy atom. The van der Waals surface area contributed by atoms with Gasteiger partial charge in [-0.25, -0.2) is 0 Å². The van der Waals surface area contributed by atoms with Gasteiger partial charge >= 0.3 is 0 Å². The highest BCUT2D eigenvalue weighted by molar-refractivity contribution is 5.92. The van der Waals surface area contributed by atoms with Crippen molar-refractivity contribution in [2.24, 2.45) is 5.41 Å². The van der Waals surface area contributed by atoms with Gasteiger partial charge in [0, 0.05) is 17.7 Å². The molecule has 1 unspecified atom stereocenters. The Morgan fingerprint density at radius 3 is 2.29 bits per heavy atom. The van der Waals surface area contributed by atoms with Crippen molar-refractivity contribution in [3.05, 3.63) is 58.7 Å². The van der Waals surface area contributed by atoms with Gasteiger partial charge in [0.1, 0.15) is 11.4 Å². The topological polar surface area (TPSA) is 58.6 Å². The van der Waals surface area contributed by atoms with Crippen LogP contribution in [0.1, 0.15) is 63.3 Å². The minimum atomic E-state index is -1.31. The van der Waals surface area contributed by atoms with Crippen molar-refractivity contribution >= 4 is 11.6 Å². The molecule has 1 aliphatic heterocycles. The van der Waals surface area contributed by atoms with Crippen LogP contribution in [0.25, 0.3) is 0 Å². The summed E-state index contributed by atoms with van der Waals surface area (Å²) in [5.41, 5.74) is 1.82. The maximum Gasteiger partial charge on any atom is 0.224 e. The van der Waals surface area contributed by atoms with Gasteiger partial charge in [-0.05, 0) is 55.9 Å². The Kier molecular flexibility index (Phi) is 4.83. The lowest BCUT2D eigenvalue weighted by molar-refractivity contribution is -0.117. The molecular formula is C24H31NO3. The van der Waals surface area contributed by atoms with Crippen LogP contribution in [0.3, 0.4) is 0 Å². The van der Waals surface area contributed by atoms with Gasteiger partial charge in [-0.2, -0.15) is 0 Å². The van der Waals surface area contributed by atoms with Crippen molar-refractivity contribution in [1.82, 2.24) is 0 Å². The van der Waals surface area contributed by atoms with Gasteiger partial charge < -0.3 is 15.2 Å². The second-order valence-corrected chi connectivity index (χ2v) is 9.53. The second-order valence-electron chi connectivity index (χ2n) is 9.53. The fraction of sp³-hybridized carbons (Fsp3) is 0.458. The van der Waals surface area contributed by atoms with Crippen molar-refractivity contribution in [3.8, 4) is 5.75 Å². The first-order chi connectivity index (χ1) is 12.9. The minimum Gasteiger partial charge on any atom is -0.483 e. The van der Waals surface area contributed by atoms with E-state index < -0.39 is 11.2 Å². The molecule has 0 spiro atoms. The van der Waals surface area contributed by atoms with Crippen molar-refractivity contribution in [2.75, 3.05) is 5.32 Å². The number of anilines is 1. The quantitative estimate of drug-likeness (QED) is 0.779. The maximum absolute atomic E-state index is 12.5. The second kappa shape index (κ2) is 6.63. The molecule has 4 heteroatoms. The highest BCUT2D eigenvalue weighted by Crippen LogP contribution is 2.54. The zero-order valence-corrected chi connectivity index (χ0v) is 17.9. The number of fused-ring (bicyclic) bond motifs is 1. The van der Waals surface area contributed by atoms with Gasteiger partial charge in [-0.15, -0.1) is 0 Å². The summed E-state index contributed by atoms with van der Waals surface area (Å²) in [5.74, 6) is 0.666. The van der Waals surface area contributed by atoms with Gasteiger partial charge in [0.25, 0.3) is 0 Å². The Labute approximate surface area is 167 Å². The largest absolute Gasteiger partial charge is 0.483 e. The molecular weight excluding hydrogens is 350 g/mol. The molecule has 2 N–H and O–H groups in total. The van der Waals surface area contributed by atoms with E-state index in [-0.39, 0.29) is 11.3 Å². The highest BCUT2D eigenvalue weighted by atomic mass is 16.5. The van der Waals surface area contributed by atoms with Crippen LogP contribution >= 0.6 is 0 Å². The van der Waals surface area contributed by atoms with Crippen molar-refractivity contribution in [3.63, 3.8) is 0 Å². The molecule has 1 aliphatic rings. The molecule has 0 saturated heterocycles. The Bertz CT molecular complexity index is 910. The number of rotatable bonds is 3. The molecule has 28 heavy (non-hydrogen) atoms. The Morgan fingerprint density at radius 2 is 1.71 bits per heavy atom. The first-order valence-electron chi connectivity index (χ1n) is 9.78. The number of hydrogen-bond acceptors (Lipinski definition) is 3. The summed E-state index contributed by atoms with van der Waals surface area (Å²) >= 11 is 0. The highest BCUT2D eigenvalue weighted by Gasteiger charge is 2.55. The first kappa shape index (κ1) is 20.4. The van der Waals surface area contributed by atoms with Gasteiger partial charge in [-0.3, -0.25) is 4.79 Å². The van der Waals surface area contributed by atoms with Crippen LogP contribution in [0.2, 0.25) is 0 Å². The van der Waals surface area contributed by atoms with Crippen LogP contribution < -0.4 is 10.1 Å². The lowest BCUT2D eigenvalue weighted by Gasteiger charge is -2.35. The molecule has 0 aromatic heterocycles. The molecule has 4 nitrogen and oxygen atoms in total. The third-order valence-electron chi connectivity index (χ3n) is 5.62. The van der Waals surface area contributed by atoms with Crippen molar-refractivity contribution in [1.29, 1.82) is 0 Å². The number of ether oxygens (including phenoxy) is 1. The van der Waals surface area contributed by atoms with E-state index in [9.17, 15) is 9.90 Å². The molecule has 3 rings (SSSR count). The predicted molar refractivity (Wildman–Crippen MR) is 113 cm³/mol. The summed E-state index contributed by atoms with van der Waals surface area (Å²) < 4.78 is 6.25. The van der Waals surface area contributed by atoms with Crippen molar-refractivity contribution in [2.45, 2.75) is 66.1 Å². The molecule has 1 heterocycles. The third kappa shape index (κ3) is 3.30. The smallest absolute Gasteiger partial charge is 0.224 e. The number of hydrogen-bond donors (Lipinski definition) is 2. The average Bonchev–Trinajstić information content (AvgIpc) is 2.79. The fourth-order valence-corrected chi connectivity index (χ4v) is 3.93. The molecule has 2 aromatic rings. The fourth-order valence-electron chi connectivity index (χ4n) is 3.93. The summed E-state index contributed by atoms with van der Waals surface area (Å²) in [6, 6.07) is 11.4. The molecule has 0 fully saturated rings. The van der Waals surface area contributed by atoms with E-state index in [4.69, 9.17) is 4.74 Å². The van der Waals surface area contributed by atoms with Crippen molar-refractivity contribution < 1.29 is 14.6 Å². The van der Waals surface area contributed by atoms with E-state index in [1.165, 1.54) is 0 Å². The molecule has 0 bridgehead atoms. The van der Waals surface area contributed by atoms with E-state index in [1.807, 2.05) is 84.9 Å². The standard InChI is InChI=1S/C24H31NO3/c1-15-16(2)21-18(13-19(15)25-20(26)14-22(3,4)5)24(27,23(6,7)28-21)17-11-9-8-10-12-17/h8-13,27H,14H2,1-7H3,(H,25,26). The number of benzene rings is 2. The molecule has 1 amide bonds. The number of nitrogens with one attached hydrogen (secondary N) is 1. The molecule has 150 valence electrons. The van der Waals surface area contributed by atoms with Crippen LogP contribution in [0.15, 0.2) is 36.4 Å². The number of carbonyl (C=O) groups is 1. The third-order valence-corrected chi connectivity index (χ3v) is 5.62. The van der Waals surface area contributed by atoms with E-state index in [1.54, 1.807) is 0 Å². The number of amides is 1. The molecule has 0 aliphatic carbocycles. The lowest BCUT2D eigenvalue weighted by Crippen LogP contribution is -2.47. The van der Waals surface area contributed by atoms with Gasteiger partial charge in [-0.1, -0.05) is 51.1 Å². The van der Waals surface area contributed by atoms with Crippen LogP contribution in [0.4, 0.5) is 5.69 Å². The summed E-state index contributed by atoms with van der Waals surface area (Å²) in [6.45, 7) is 13.9. The normalized spacial score (nSPS) is 20.4. The zero-order chi connectivity index (χ0) is 20.9. The summed E-state index contributed by atoms with van der Waals surface area (Å²) in [4.78, 5) is 12.5. The summed E-state index contributed by atoms with van der Waals surface area (Å²) in [5, 5.41) is 14.9. The maximum atomic E-state index is 12.5. The van der Waals surface area contributed by atoms with E-state index in [0.717, 1.165) is 22.4 Å². The van der Waals surface area contributed by atoms with Gasteiger partial charge in [0.15, 0.2) is 5.60 Å². The van der Waals surface area contributed by atoms with Crippen LogP contribution in [-0.4, -0.2) is 16.6 Å². The molecule has 0 radical (unpaired) electrons. The lowest BCUT2D eigenvalue weighted by atomic mass is 9.76. The Balaban J connectivity index is 2.12. The van der Waals surface area contributed by atoms with Crippen LogP contribution in [0, 0.1) is 19.3 Å².